The molecule has 0 aromatic carbocycles. The summed E-state index contributed by atoms with van der Waals surface area (Å²) in [6.45, 7) is 8.19. The number of rotatable bonds is 6. The fraction of sp³-hybridized carbons (Fsp3) is 0.875. The Bertz CT molecular complexity index is 337. The zero-order chi connectivity index (χ0) is 15.2. The topological polar surface area (TPSA) is 46.3 Å². The molecule has 0 aliphatic carbocycles. The van der Waals surface area contributed by atoms with E-state index in [1.807, 2.05) is 4.90 Å². The average molecular weight is 298 g/mol. The Balaban J connectivity index is 2.93. The summed E-state index contributed by atoms with van der Waals surface area (Å²) in [6, 6.07) is 0. The Morgan fingerprint density at radius 1 is 1.25 bits per heavy atom. The minimum atomic E-state index is -0.605. The summed E-state index contributed by atoms with van der Waals surface area (Å²) < 4.78 is 0. The molecule has 1 rings (SSSR count). The van der Waals surface area contributed by atoms with E-state index in [2.05, 4.69) is 20.8 Å². The Kier molecular flexibility index (Phi) is 6.93. The van der Waals surface area contributed by atoms with Gasteiger partial charge in [-0.3, -0.25) is 4.79 Å². The molecule has 0 bridgehead atoms. The third-order valence-electron chi connectivity index (χ3n) is 4.54. The molecule has 1 fully saturated rings. The fourth-order valence-corrected chi connectivity index (χ4v) is 3.60. The van der Waals surface area contributed by atoms with Crippen LogP contribution in [0, 0.1) is 11.3 Å². The van der Waals surface area contributed by atoms with Gasteiger partial charge in [0.05, 0.1) is 10.4 Å². The quantitative estimate of drug-likeness (QED) is 0.763. The van der Waals surface area contributed by atoms with Gasteiger partial charge in [0, 0.05) is 13.1 Å². The summed E-state index contributed by atoms with van der Waals surface area (Å²) in [5.74, 6) is 0.896. The summed E-state index contributed by atoms with van der Waals surface area (Å²) in [5, 5.41) is 0. The summed E-state index contributed by atoms with van der Waals surface area (Å²) in [7, 11) is 0. The zero-order valence-corrected chi connectivity index (χ0v) is 14.1. The SMILES string of the molecule is CCCC(CCC)(C(=O)N1CCCC(C)CC1)C(N)=S. The number of carbonyl (C=O) groups excluding carboxylic acids is 1. The molecule has 0 aromatic rings. The molecule has 0 spiro atoms. The van der Waals surface area contributed by atoms with Gasteiger partial charge in [-0.2, -0.15) is 0 Å². The van der Waals surface area contributed by atoms with E-state index in [-0.39, 0.29) is 5.91 Å². The van der Waals surface area contributed by atoms with Crippen molar-refractivity contribution in [2.45, 2.75) is 65.7 Å². The summed E-state index contributed by atoms with van der Waals surface area (Å²) in [6.07, 6.45) is 6.84. The number of nitrogens with two attached hydrogens (primary N) is 1. The maximum Gasteiger partial charge on any atom is 0.235 e. The summed E-state index contributed by atoms with van der Waals surface area (Å²) >= 11 is 5.29. The maximum atomic E-state index is 13.1. The largest absolute Gasteiger partial charge is 0.392 e. The van der Waals surface area contributed by atoms with Crippen LogP contribution in [0.15, 0.2) is 0 Å². The minimum absolute atomic E-state index is 0.183. The molecule has 1 aliphatic rings. The maximum absolute atomic E-state index is 13.1. The van der Waals surface area contributed by atoms with Crippen LogP contribution in [0.25, 0.3) is 0 Å². The van der Waals surface area contributed by atoms with Gasteiger partial charge in [0.15, 0.2) is 0 Å². The highest BCUT2D eigenvalue weighted by molar-refractivity contribution is 7.80. The number of carbonyl (C=O) groups is 1. The van der Waals surface area contributed by atoms with Crippen molar-refractivity contribution in [1.29, 1.82) is 0 Å². The van der Waals surface area contributed by atoms with Crippen molar-refractivity contribution in [3.8, 4) is 0 Å². The first-order chi connectivity index (χ1) is 9.47. The van der Waals surface area contributed by atoms with Crippen LogP contribution >= 0.6 is 12.2 Å². The number of likely N-dealkylation sites (tertiary alicyclic amines) is 1. The fourth-order valence-electron chi connectivity index (χ4n) is 3.31. The summed E-state index contributed by atoms with van der Waals surface area (Å²) in [4.78, 5) is 15.5. The molecule has 116 valence electrons. The van der Waals surface area contributed by atoms with Crippen LogP contribution in [-0.2, 0) is 4.79 Å². The van der Waals surface area contributed by atoms with Gasteiger partial charge in [-0.15, -0.1) is 0 Å². The smallest absolute Gasteiger partial charge is 0.235 e. The molecule has 0 radical (unpaired) electrons. The first-order valence-electron chi connectivity index (χ1n) is 8.07. The second-order valence-corrected chi connectivity index (χ2v) is 6.71. The standard InChI is InChI=1S/C16H30N2OS/c1-4-9-16(10-5-2,14(17)20)15(19)18-11-6-7-13(3)8-12-18/h13H,4-12H2,1-3H3,(H2,17,20). The van der Waals surface area contributed by atoms with Gasteiger partial charge in [-0.1, -0.05) is 45.8 Å². The normalized spacial score (nSPS) is 20.6. The molecule has 1 atom stereocenters. The molecular weight excluding hydrogens is 268 g/mol. The lowest BCUT2D eigenvalue weighted by Gasteiger charge is -2.36. The van der Waals surface area contributed by atoms with Gasteiger partial charge in [-0.25, -0.2) is 0 Å². The second kappa shape index (κ2) is 7.96. The van der Waals surface area contributed by atoms with E-state index in [4.69, 9.17) is 18.0 Å². The first kappa shape index (κ1) is 17.4. The molecule has 1 heterocycles. The van der Waals surface area contributed by atoms with E-state index in [9.17, 15) is 4.79 Å². The molecule has 2 N–H and O–H groups in total. The monoisotopic (exact) mass is 298 g/mol. The van der Waals surface area contributed by atoms with Crippen LogP contribution in [0.1, 0.15) is 65.7 Å². The lowest BCUT2D eigenvalue weighted by Crippen LogP contribution is -2.51. The third kappa shape index (κ3) is 3.94. The lowest BCUT2D eigenvalue weighted by atomic mass is 9.77. The van der Waals surface area contributed by atoms with E-state index in [0.717, 1.165) is 51.6 Å². The number of hydrogen-bond acceptors (Lipinski definition) is 2. The van der Waals surface area contributed by atoms with Crippen molar-refractivity contribution in [1.82, 2.24) is 4.90 Å². The van der Waals surface area contributed by atoms with Gasteiger partial charge in [0.25, 0.3) is 0 Å². The molecule has 0 saturated carbocycles. The van der Waals surface area contributed by atoms with Crippen molar-refractivity contribution >= 4 is 23.1 Å². The molecule has 1 saturated heterocycles. The summed E-state index contributed by atoms with van der Waals surface area (Å²) in [5.41, 5.74) is 5.40. The van der Waals surface area contributed by atoms with E-state index in [0.29, 0.717) is 10.9 Å². The van der Waals surface area contributed by atoms with Crippen molar-refractivity contribution in [2.75, 3.05) is 13.1 Å². The Labute approximate surface area is 129 Å². The predicted molar refractivity (Wildman–Crippen MR) is 88.6 cm³/mol. The minimum Gasteiger partial charge on any atom is -0.392 e. The van der Waals surface area contributed by atoms with E-state index < -0.39 is 5.41 Å². The second-order valence-electron chi connectivity index (χ2n) is 6.27. The van der Waals surface area contributed by atoms with Crippen LogP contribution in [0.4, 0.5) is 0 Å². The molecule has 20 heavy (non-hydrogen) atoms. The Morgan fingerprint density at radius 2 is 1.85 bits per heavy atom. The van der Waals surface area contributed by atoms with E-state index in [1.165, 1.54) is 6.42 Å². The number of hydrogen-bond donors (Lipinski definition) is 1. The number of amides is 1. The first-order valence-corrected chi connectivity index (χ1v) is 8.48. The molecule has 1 unspecified atom stereocenters. The average Bonchev–Trinajstić information content (AvgIpc) is 2.62. The van der Waals surface area contributed by atoms with Gasteiger partial charge >= 0.3 is 0 Å². The molecule has 4 heteroatoms. The van der Waals surface area contributed by atoms with Gasteiger partial charge < -0.3 is 10.6 Å². The van der Waals surface area contributed by atoms with Crippen LogP contribution in [0.5, 0.6) is 0 Å². The Hall–Kier alpha value is -0.640. The predicted octanol–water partition coefficient (Wildman–Crippen LogP) is 3.51. The number of thiocarbonyl (C=S) groups is 1. The molecule has 0 aromatic heterocycles. The third-order valence-corrected chi connectivity index (χ3v) is 4.93. The van der Waals surface area contributed by atoms with Crippen LogP contribution in [0.2, 0.25) is 0 Å². The van der Waals surface area contributed by atoms with Gasteiger partial charge in [0.2, 0.25) is 5.91 Å². The molecular formula is C16H30N2OS. The van der Waals surface area contributed by atoms with Crippen molar-refractivity contribution < 1.29 is 4.79 Å². The molecule has 3 nitrogen and oxygen atoms in total. The number of nitrogens with zero attached hydrogens (tertiary/aromatic N) is 1. The molecule has 1 amide bonds. The van der Waals surface area contributed by atoms with Crippen molar-refractivity contribution in [3.63, 3.8) is 0 Å². The van der Waals surface area contributed by atoms with Crippen LogP contribution in [0.3, 0.4) is 0 Å². The van der Waals surface area contributed by atoms with Crippen LogP contribution in [-0.4, -0.2) is 28.9 Å². The highest BCUT2D eigenvalue weighted by Crippen LogP contribution is 2.34. The Morgan fingerprint density at radius 3 is 2.35 bits per heavy atom. The van der Waals surface area contributed by atoms with Crippen molar-refractivity contribution in [2.24, 2.45) is 17.1 Å². The van der Waals surface area contributed by atoms with Gasteiger partial charge in [-0.05, 0) is 38.0 Å². The van der Waals surface area contributed by atoms with E-state index in [1.54, 1.807) is 0 Å². The van der Waals surface area contributed by atoms with Crippen molar-refractivity contribution in [3.05, 3.63) is 0 Å². The lowest BCUT2D eigenvalue weighted by molar-refractivity contribution is -0.139. The van der Waals surface area contributed by atoms with Gasteiger partial charge in [0.1, 0.15) is 0 Å². The highest BCUT2D eigenvalue weighted by Gasteiger charge is 2.42. The zero-order valence-electron chi connectivity index (χ0n) is 13.3. The van der Waals surface area contributed by atoms with Crippen LogP contribution < -0.4 is 5.73 Å². The van der Waals surface area contributed by atoms with E-state index >= 15 is 0 Å². The highest BCUT2D eigenvalue weighted by atomic mass is 32.1. The molecule has 1 aliphatic heterocycles.